The molecule has 0 radical (unpaired) electrons. The van der Waals surface area contributed by atoms with Crippen LogP contribution in [0.25, 0.3) is 0 Å². The number of hydrogen-bond donors (Lipinski definition) is 2. The second-order valence-electron chi connectivity index (χ2n) is 7.39. The fraction of sp³-hybridized carbons (Fsp3) is 0.600. The summed E-state index contributed by atoms with van der Waals surface area (Å²) in [5.74, 6) is 0.313. The van der Waals surface area contributed by atoms with Crippen molar-refractivity contribution in [3.8, 4) is 0 Å². The molecule has 0 spiro atoms. The van der Waals surface area contributed by atoms with Crippen LogP contribution in [-0.2, 0) is 4.79 Å². The van der Waals surface area contributed by atoms with Crippen LogP contribution < -0.4 is 10.6 Å². The van der Waals surface area contributed by atoms with Gasteiger partial charge in [0.2, 0.25) is 5.91 Å². The Morgan fingerprint density at radius 3 is 2.36 bits per heavy atom. The first-order valence-corrected chi connectivity index (χ1v) is 9.86. The molecule has 4 nitrogen and oxygen atoms in total. The minimum Gasteiger partial charge on any atom is -0.353 e. The molecule has 0 unspecified atom stereocenters. The Bertz CT molecular complexity index is 613. The number of hydrogen-bond acceptors (Lipinski definition) is 2. The first-order valence-electron chi connectivity index (χ1n) is 9.48. The maximum absolute atomic E-state index is 12.4. The summed E-state index contributed by atoms with van der Waals surface area (Å²) in [7, 11) is 0. The summed E-state index contributed by atoms with van der Waals surface area (Å²) in [6.07, 6.45) is 9.43. The number of benzene rings is 1. The van der Waals surface area contributed by atoms with E-state index >= 15 is 0 Å². The summed E-state index contributed by atoms with van der Waals surface area (Å²) in [4.78, 5) is 24.8. The zero-order valence-corrected chi connectivity index (χ0v) is 15.4. The molecule has 0 bridgehead atoms. The number of rotatable bonds is 4. The number of carbonyl (C=O) groups excluding carboxylic acids is 2. The van der Waals surface area contributed by atoms with Crippen molar-refractivity contribution < 1.29 is 9.59 Å². The van der Waals surface area contributed by atoms with Gasteiger partial charge in [-0.25, -0.2) is 0 Å². The van der Waals surface area contributed by atoms with Crippen LogP contribution in [0.15, 0.2) is 24.3 Å². The largest absolute Gasteiger partial charge is 0.353 e. The minimum absolute atomic E-state index is 0.0910. The van der Waals surface area contributed by atoms with Crippen LogP contribution in [0.5, 0.6) is 0 Å². The van der Waals surface area contributed by atoms with Gasteiger partial charge in [-0.3, -0.25) is 9.59 Å². The molecule has 25 heavy (non-hydrogen) atoms. The van der Waals surface area contributed by atoms with E-state index < -0.39 is 0 Å². The van der Waals surface area contributed by atoms with Crippen LogP contribution in [0.2, 0.25) is 5.02 Å². The molecule has 2 amide bonds. The summed E-state index contributed by atoms with van der Waals surface area (Å²) >= 11 is 5.96. The van der Waals surface area contributed by atoms with Crippen molar-refractivity contribution in [2.45, 2.75) is 69.9 Å². The smallest absolute Gasteiger partial charge is 0.251 e. The average molecular weight is 363 g/mol. The molecule has 2 fully saturated rings. The van der Waals surface area contributed by atoms with Crippen LogP contribution in [0.4, 0.5) is 0 Å². The van der Waals surface area contributed by atoms with Gasteiger partial charge >= 0.3 is 0 Å². The molecule has 1 aromatic carbocycles. The standard InChI is InChI=1S/C20H27ClN2O2/c21-16-9-4-8-15(12-16)20(25)23-18-11-5-10-17(13-18)22-19(24)14-6-2-1-3-7-14/h4,8-9,12,14,17-18H,1-3,5-7,10-11,13H2,(H,22,24)(H,23,25)/t17-,18-/m1/s1. The molecule has 136 valence electrons. The molecule has 2 N–H and O–H groups in total. The zero-order chi connectivity index (χ0) is 17.6. The third-order valence-electron chi connectivity index (χ3n) is 5.42. The Morgan fingerprint density at radius 2 is 1.64 bits per heavy atom. The first-order chi connectivity index (χ1) is 12.1. The molecule has 1 aromatic rings. The predicted molar refractivity (Wildman–Crippen MR) is 99.7 cm³/mol. The molecule has 3 rings (SSSR count). The van der Waals surface area contributed by atoms with Crippen LogP contribution in [0, 0.1) is 5.92 Å². The molecule has 2 atom stereocenters. The van der Waals surface area contributed by atoms with Crippen LogP contribution in [-0.4, -0.2) is 23.9 Å². The van der Waals surface area contributed by atoms with Crippen molar-refractivity contribution in [2.24, 2.45) is 5.92 Å². The van der Waals surface area contributed by atoms with Crippen molar-refractivity contribution in [3.63, 3.8) is 0 Å². The van der Waals surface area contributed by atoms with Gasteiger partial charge in [0.05, 0.1) is 0 Å². The summed E-state index contributed by atoms with van der Waals surface area (Å²) in [6.45, 7) is 0. The molecular formula is C20H27ClN2O2. The van der Waals surface area contributed by atoms with E-state index in [0.717, 1.165) is 38.5 Å². The van der Waals surface area contributed by atoms with E-state index in [9.17, 15) is 9.59 Å². The molecular weight excluding hydrogens is 336 g/mol. The molecule has 0 aliphatic heterocycles. The second-order valence-corrected chi connectivity index (χ2v) is 7.82. The Balaban J connectivity index is 1.50. The normalized spacial score (nSPS) is 24.5. The van der Waals surface area contributed by atoms with E-state index in [1.165, 1.54) is 19.3 Å². The highest BCUT2D eigenvalue weighted by molar-refractivity contribution is 6.30. The molecule has 0 heterocycles. The lowest BCUT2D eigenvalue weighted by atomic mass is 9.87. The van der Waals surface area contributed by atoms with Gasteiger partial charge in [-0.2, -0.15) is 0 Å². The van der Waals surface area contributed by atoms with Gasteiger partial charge < -0.3 is 10.6 Å². The van der Waals surface area contributed by atoms with E-state index in [1.807, 2.05) is 0 Å². The highest BCUT2D eigenvalue weighted by Crippen LogP contribution is 2.25. The van der Waals surface area contributed by atoms with Gasteiger partial charge in [0.15, 0.2) is 0 Å². The SMILES string of the molecule is O=C(N[C@@H]1CCC[C@@H](NC(=O)C2CCCCC2)C1)c1cccc(Cl)c1. The Hall–Kier alpha value is -1.55. The number of halogens is 1. The fourth-order valence-corrected chi connectivity index (χ4v) is 4.22. The first kappa shape index (κ1) is 18.2. The maximum Gasteiger partial charge on any atom is 0.251 e. The lowest BCUT2D eigenvalue weighted by molar-refractivity contribution is -0.126. The molecule has 2 saturated carbocycles. The van der Waals surface area contributed by atoms with Crippen molar-refractivity contribution >= 4 is 23.4 Å². The van der Waals surface area contributed by atoms with Crippen LogP contribution >= 0.6 is 11.6 Å². The van der Waals surface area contributed by atoms with Crippen molar-refractivity contribution in [1.82, 2.24) is 10.6 Å². The molecule has 2 aliphatic rings. The Kier molecular flexibility index (Phi) is 6.35. The molecule has 0 aromatic heterocycles. The molecule has 5 heteroatoms. The molecule has 0 saturated heterocycles. The van der Waals surface area contributed by atoms with Crippen molar-refractivity contribution in [3.05, 3.63) is 34.9 Å². The average Bonchev–Trinajstić information content (AvgIpc) is 2.63. The summed E-state index contributed by atoms with van der Waals surface area (Å²) in [5.41, 5.74) is 0.584. The topological polar surface area (TPSA) is 58.2 Å². The Morgan fingerprint density at radius 1 is 0.920 bits per heavy atom. The zero-order valence-electron chi connectivity index (χ0n) is 14.6. The summed E-state index contributed by atoms with van der Waals surface area (Å²) in [5, 5.41) is 6.89. The molecule has 2 aliphatic carbocycles. The Labute approximate surface area is 154 Å². The van der Waals surface area contributed by atoms with E-state index in [2.05, 4.69) is 10.6 Å². The van der Waals surface area contributed by atoms with E-state index in [0.29, 0.717) is 10.6 Å². The van der Waals surface area contributed by atoms with Gasteiger partial charge in [-0.05, 0) is 56.7 Å². The van der Waals surface area contributed by atoms with E-state index in [1.54, 1.807) is 24.3 Å². The summed E-state index contributed by atoms with van der Waals surface area (Å²) < 4.78 is 0. The highest BCUT2D eigenvalue weighted by Gasteiger charge is 2.28. The fourth-order valence-electron chi connectivity index (χ4n) is 4.03. The lowest BCUT2D eigenvalue weighted by Gasteiger charge is -2.32. The predicted octanol–water partition coefficient (Wildman–Crippen LogP) is 4.08. The van der Waals surface area contributed by atoms with Crippen LogP contribution in [0.1, 0.15) is 68.1 Å². The highest BCUT2D eigenvalue weighted by atomic mass is 35.5. The van der Waals surface area contributed by atoms with Gasteiger partial charge in [0.25, 0.3) is 5.91 Å². The van der Waals surface area contributed by atoms with Gasteiger partial charge in [-0.1, -0.05) is 36.9 Å². The van der Waals surface area contributed by atoms with E-state index in [4.69, 9.17) is 11.6 Å². The third-order valence-corrected chi connectivity index (χ3v) is 5.65. The van der Waals surface area contributed by atoms with Gasteiger partial charge in [-0.15, -0.1) is 0 Å². The lowest BCUT2D eigenvalue weighted by Crippen LogP contribution is -2.47. The van der Waals surface area contributed by atoms with Crippen molar-refractivity contribution in [2.75, 3.05) is 0 Å². The number of carbonyl (C=O) groups is 2. The van der Waals surface area contributed by atoms with Crippen LogP contribution in [0.3, 0.4) is 0 Å². The number of amides is 2. The van der Waals surface area contributed by atoms with E-state index in [-0.39, 0.29) is 29.8 Å². The second kappa shape index (κ2) is 8.70. The maximum atomic E-state index is 12.4. The monoisotopic (exact) mass is 362 g/mol. The van der Waals surface area contributed by atoms with Gasteiger partial charge in [0, 0.05) is 28.6 Å². The quantitative estimate of drug-likeness (QED) is 0.847. The minimum atomic E-state index is -0.0910. The summed E-state index contributed by atoms with van der Waals surface area (Å²) in [6, 6.07) is 7.28. The van der Waals surface area contributed by atoms with Gasteiger partial charge in [0.1, 0.15) is 0 Å². The van der Waals surface area contributed by atoms with Crippen molar-refractivity contribution in [1.29, 1.82) is 0 Å². The number of nitrogens with one attached hydrogen (secondary N) is 2. The third kappa shape index (κ3) is 5.21.